The molecule has 5 nitrogen and oxygen atoms in total. The molecule has 1 saturated carbocycles. The molecule has 1 aliphatic rings. The molecule has 1 aliphatic carbocycles. The van der Waals surface area contributed by atoms with E-state index < -0.39 is 11.7 Å². The van der Waals surface area contributed by atoms with E-state index in [1.54, 1.807) is 0 Å². The van der Waals surface area contributed by atoms with Crippen molar-refractivity contribution in [3.05, 3.63) is 39.5 Å². The van der Waals surface area contributed by atoms with Crippen LogP contribution in [0, 0.1) is 5.82 Å². The molecule has 0 radical (unpaired) electrons. The van der Waals surface area contributed by atoms with Crippen molar-refractivity contribution >= 4 is 34.0 Å². The summed E-state index contributed by atoms with van der Waals surface area (Å²) >= 11 is 7.30. The van der Waals surface area contributed by atoms with Gasteiger partial charge in [0.05, 0.1) is 15.5 Å². The first-order valence-electron chi connectivity index (χ1n) is 9.72. The Morgan fingerprint density at radius 1 is 1.25 bits per heavy atom. The molecule has 8 heteroatoms. The minimum absolute atomic E-state index is 0.0171. The van der Waals surface area contributed by atoms with Crippen LogP contribution in [-0.2, 0) is 6.42 Å². The highest BCUT2D eigenvalue weighted by molar-refractivity contribution is 7.15. The van der Waals surface area contributed by atoms with Crippen LogP contribution in [0.3, 0.4) is 0 Å². The molecule has 1 fully saturated rings. The highest BCUT2D eigenvalue weighted by Crippen LogP contribution is 2.30. The fourth-order valence-electron chi connectivity index (χ4n) is 3.44. The molecule has 3 N–H and O–H groups in total. The monoisotopic (exact) mass is 425 g/mol. The Labute approximate surface area is 173 Å². The van der Waals surface area contributed by atoms with E-state index in [1.165, 1.54) is 61.6 Å². The molecular weight excluding hydrogens is 401 g/mol. The summed E-state index contributed by atoms with van der Waals surface area (Å²) in [6, 6.07) is 4.51. The standard InChI is InChI=1S/C20H25ClFN3O2S/c21-14-9-6-10-15(22)17(14)19(27)23-12-11-16-18(26)25-20(28-16)24-13-7-4-2-1-3-5-8-13/h6,9-10,13,26H,1-5,7-8,11-12H2,(H,23,27)(H,24,25). The van der Waals surface area contributed by atoms with Crippen LogP contribution in [0.4, 0.5) is 9.52 Å². The van der Waals surface area contributed by atoms with E-state index >= 15 is 0 Å². The number of rotatable bonds is 6. The second-order valence-electron chi connectivity index (χ2n) is 7.05. The summed E-state index contributed by atoms with van der Waals surface area (Å²) in [6.07, 6.45) is 8.95. The number of anilines is 1. The van der Waals surface area contributed by atoms with E-state index in [0.717, 1.165) is 12.8 Å². The van der Waals surface area contributed by atoms with E-state index in [1.807, 2.05) is 0 Å². The lowest BCUT2D eigenvalue weighted by Crippen LogP contribution is -2.26. The molecule has 0 aliphatic heterocycles. The number of thiazole rings is 1. The van der Waals surface area contributed by atoms with Crippen molar-refractivity contribution in [3.63, 3.8) is 0 Å². The number of hydrogen-bond acceptors (Lipinski definition) is 5. The Bertz CT molecular complexity index is 786. The van der Waals surface area contributed by atoms with Gasteiger partial charge < -0.3 is 15.7 Å². The number of nitrogens with one attached hydrogen (secondary N) is 2. The van der Waals surface area contributed by atoms with Gasteiger partial charge in [-0.1, -0.05) is 61.1 Å². The van der Waals surface area contributed by atoms with E-state index in [-0.39, 0.29) is 23.0 Å². The molecule has 0 bridgehead atoms. The Hall–Kier alpha value is -1.86. The van der Waals surface area contributed by atoms with E-state index in [0.29, 0.717) is 22.5 Å². The smallest absolute Gasteiger partial charge is 0.255 e. The zero-order valence-electron chi connectivity index (χ0n) is 15.6. The van der Waals surface area contributed by atoms with Gasteiger partial charge in [0.2, 0.25) is 5.88 Å². The van der Waals surface area contributed by atoms with Crippen molar-refractivity contribution in [1.82, 2.24) is 10.3 Å². The second kappa shape index (κ2) is 10.1. The van der Waals surface area contributed by atoms with Gasteiger partial charge in [-0.3, -0.25) is 4.79 Å². The number of benzene rings is 1. The zero-order valence-corrected chi connectivity index (χ0v) is 17.2. The third kappa shape index (κ3) is 5.58. The number of amides is 1. The van der Waals surface area contributed by atoms with Crippen molar-refractivity contribution in [2.45, 2.75) is 57.4 Å². The van der Waals surface area contributed by atoms with Crippen LogP contribution in [0.2, 0.25) is 5.02 Å². The highest BCUT2D eigenvalue weighted by Gasteiger charge is 2.18. The molecule has 1 aromatic heterocycles. The topological polar surface area (TPSA) is 74.2 Å². The third-order valence-corrected chi connectivity index (χ3v) is 6.29. The van der Waals surface area contributed by atoms with E-state index in [9.17, 15) is 14.3 Å². The molecule has 3 rings (SSSR count). The maximum atomic E-state index is 13.8. The molecule has 1 heterocycles. The maximum absolute atomic E-state index is 13.8. The first kappa shape index (κ1) is 20.9. The summed E-state index contributed by atoms with van der Waals surface area (Å²) < 4.78 is 13.8. The van der Waals surface area contributed by atoms with Crippen LogP contribution in [0.25, 0.3) is 0 Å². The van der Waals surface area contributed by atoms with Crippen molar-refractivity contribution in [3.8, 4) is 5.88 Å². The predicted molar refractivity (Wildman–Crippen MR) is 111 cm³/mol. The minimum Gasteiger partial charge on any atom is -0.492 e. The molecule has 1 aromatic carbocycles. The van der Waals surface area contributed by atoms with Crippen LogP contribution in [0.1, 0.15) is 60.2 Å². The van der Waals surface area contributed by atoms with Crippen molar-refractivity contribution in [2.24, 2.45) is 0 Å². The van der Waals surface area contributed by atoms with Gasteiger partial charge in [0.15, 0.2) is 5.13 Å². The SMILES string of the molecule is O=C(NCCc1sc(NC2CCCCCCC2)nc1O)c1c(F)cccc1Cl. The number of nitrogens with zero attached hydrogens (tertiary/aromatic N) is 1. The highest BCUT2D eigenvalue weighted by atomic mass is 35.5. The normalized spacial score (nSPS) is 15.6. The third-order valence-electron chi connectivity index (χ3n) is 4.94. The lowest BCUT2D eigenvalue weighted by molar-refractivity contribution is 0.0950. The lowest BCUT2D eigenvalue weighted by atomic mass is 9.97. The summed E-state index contributed by atoms with van der Waals surface area (Å²) in [6.45, 7) is 0.252. The second-order valence-corrected chi connectivity index (χ2v) is 8.55. The van der Waals surface area contributed by atoms with Gasteiger partial charge >= 0.3 is 0 Å². The maximum Gasteiger partial charge on any atom is 0.255 e. The Morgan fingerprint density at radius 3 is 2.68 bits per heavy atom. The number of hydrogen-bond donors (Lipinski definition) is 3. The van der Waals surface area contributed by atoms with E-state index in [2.05, 4.69) is 15.6 Å². The number of halogens is 2. The molecule has 2 aromatic rings. The lowest BCUT2D eigenvalue weighted by Gasteiger charge is -2.20. The first-order valence-corrected chi connectivity index (χ1v) is 10.9. The molecular formula is C20H25ClFN3O2S. The fourth-order valence-corrected chi connectivity index (χ4v) is 4.62. The number of carbonyl (C=O) groups is 1. The van der Waals surface area contributed by atoms with E-state index in [4.69, 9.17) is 11.6 Å². The van der Waals surface area contributed by atoms with Gasteiger partial charge in [-0.2, -0.15) is 4.98 Å². The Kier molecular flexibility index (Phi) is 7.50. The number of carbonyl (C=O) groups excluding carboxylic acids is 1. The average molecular weight is 426 g/mol. The molecule has 0 atom stereocenters. The summed E-state index contributed by atoms with van der Waals surface area (Å²) in [5, 5.41) is 17.0. The largest absolute Gasteiger partial charge is 0.492 e. The molecule has 28 heavy (non-hydrogen) atoms. The van der Waals surface area contributed by atoms with Crippen LogP contribution in [0.15, 0.2) is 18.2 Å². The molecule has 0 unspecified atom stereocenters. The van der Waals surface area contributed by atoms with Gasteiger partial charge in [-0.15, -0.1) is 0 Å². The summed E-state index contributed by atoms with van der Waals surface area (Å²) in [5.41, 5.74) is -0.163. The summed E-state index contributed by atoms with van der Waals surface area (Å²) in [4.78, 5) is 17.1. The molecule has 1 amide bonds. The van der Waals surface area contributed by atoms with Crippen molar-refractivity contribution in [2.75, 3.05) is 11.9 Å². The van der Waals surface area contributed by atoms with Crippen LogP contribution < -0.4 is 10.6 Å². The van der Waals surface area contributed by atoms with Crippen molar-refractivity contribution < 1.29 is 14.3 Å². The first-order chi connectivity index (χ1) is 13.5. The summed E-state index contributed by atoms with van der Waals surface area (Å²) in [5.74, 6) is -1.24. The van der Waals surface area contributed by atoms with Gasteiger partial charge in [0.25, 0.3) is 5.91 Å². The zero-order chi connectivity index (χ0) is 19.9. The predicted octanol–water partition coefficient (Wildman–Crippen LogP) is 5.14. The van der Waals surface area contributed by atoms with Gasteiger partial charge in [-0.25, -0.2) is 4.39 Å². The Balaban J connectivity index is 1.53. The molecule has 152 valence electrons. The number of aromatic hydroxyl groups is 1. The molecule has 0 saturated heterocycles. The quantitative estimate of drug-likeness (QED) is 0.599. The minimum atomic E-state index is -0.656. The fraction of sp³-hybridized carbons (Fsp3) is 0.500. The van der Waals surface area contributed by atoms with Crippen LogP contribution in [0.5, 0.6) is 5.88 Å². The van der Waals surface area contributed by atoms with Gasteiger partial charge in [0, 0.05) is 19.0 Å². The number of aromatic nitrogens is 1. The van der Waals surface area contributed by atoms with Gasteiger partial charge in [0.1, 0.15) is 5.82 Å². The summed E-state index contributed by atoms with van der Waals surface area (Å²) in [7, 11) is 0. The van der Waals surface area contributed by atoms with Crippen molar-refractivity contribution in [1.29, 1.82) is 0 Å². The van der Waals surface area contributed by atoms with Crippen LogP contribution >= 0.6 is 22.9 Å². The average Bonchev–Trinajstić information content (AvgIpc) is 2.96. The Morgan fingerprint density at radius 2 is 1.96 bits per heavy atom. The van der Waals surface area contributed by atoms with Gasteiger partial charge in [-0.05, 0) is 25.0 Å². The van der Waals surface area contributed by atoms with Crippen LogP contribution in [-0.4, -0.2) is 28.6 Å². The molecule has 0 spiro atoms.